The Morgan fingerprint density at radius 3 is 2.33 bits per heavy atom. The molecule has 18 heavy (non-hydrogen) atoms. The van der Waals surface area contributed by atoms with Gasteiger partial charge in [-0.25, -0.2) is 0 Å². The molecule has 0 fully saturated rings. The molecule has 0 N–H and O–H groups in total. The molecular weight excluding hydrogens is 220 g/mol. The predicted molar refractivity (Wildman–Crippen MR) is 79.5 cm³/mol. The van der Waals surface area contributed by atoms with E-state index in [-0.39, 0.29) is 0 Å². The van der Waals surface area contributed by atoms with Crippen molar-refractivity contribution in [3.05, 3.63) is 29.3 Å². The molecule has 1 aromatic carbocycles. The Morgan fingerprint density at radius 2 is 1.72 bits per heavy atom. The van der Waals surface area contributed by atoms with Gasteiger partial charge in [0.1, 0.15) is 5.75 Å². The Hall–Kier alpha value is -0.980. The van der Waals surface area contributed by atoms with Crippen LogP contribution in [-0.4, -0.2) is 6.61 Å². The molecular formula is C17H28O. The molecule has 0 aromatic heterocycles. The van der Waals surface area contributed by atoms with Gasteiger partial charge in [0, 0.05) is 0 Å². The Balaban J connectivity index is 2.77. The minimum atomic E-state index is 0.570. The van der Waals surface area contributed by atoms with E-state index in [1.807, 2.05) is 0 Å². The minimum Gasteiger partial charge on any atom is -0.494 e. The molecule has 0 amide bonds. The molecule has 0 unspecified atom stereocenters. The van der Waals surface area contributed by atoms with Gasteiger partial charge in [-0.1, -0.05) is 46.6 Å². The Morgan fingerprint density at radius 1 is 1.00 bits per heavy atom. The van der Waals surface area contributed by atoms with Crippen LogP contribution in [0.4, 0.5) is 0 Å². The summed E-state index contributed by atoms with van der Waals surface area (Å²) in [5.41, 5.74) is 2.82. The normalized spacial score (nSPS) is 10.9. The van der Waals surface area contributed by atoms with Crippen molar-refractivity contribution in [2.45, 2.75) is 65.7 Å². The summed E-state index contributed by atoms with van der Waals surface area (Å²) in [7, 11) is 0. The van der Waals surface area contributed by atoms with Crippen LogP contribution in [0.5, 0.6) is 5.75 Å². The molecule has 0 bridgehead atoms. The van der Waals surface area contributed by atoms with Crippen molar-refractivity contribution in [1.29, 1.82) is 0 Å². The Bertz CT molecular complexity index is 341. The van der Waals surface area contributed by atoms with Crippen LogP contribution in [0.25, 0.3) is 0 Å². The second kappa shape index (κ2) is 8.18. The standard InChI is InChI=1S/C17H28O/c1-5-7-9-15-11-16(14(3)4)13-17(12-15)18-10-8-6-2/h11-14H,5-10H2,1-4H3. The number of unbranched alkanes of at least 4 members (excludes halogenated alkanes) is 2. The summed E-state index contributed by atoms with van der Waals surface area (Å²) in [5.74, 6) is 1.63. The van der Waals surface area contributed by atoms with Crippen LogP contribution in [0.3, 0.4) is 0 Å². The molecule has 0 aliphatic carbocycles. The van der Waals surface area contributed by atoms with Crippen molar-refractivity contribution in [2.24, 2.45) is 0 Å². The summed E-state index contributed by atoms with van der Waals surface area (Å²) in [5, 5.41) is 0. The first-order valence-corrected chi connectivity index (χ1v) is 7.44. The molecule has 0 spiro atoms. The van der Waals surface area contributed by atoms with Crippen molar-refractivity contribution in [2.75, 3.05) is 6.61 Å². The van der Waals surface area contributed by atoms with Crippen molar-refractivity contribution >= 4 is 0 Å². The second-order valence-electron chi connectivity index (χ2n) is 5.37. The lowest BCUT2D eigenvalue weighted by Gasteiger charge is -2.13. The maximum Gasteiger partial charge on any atom is 0.119 e. The fourth-order valence-electron chi connectivity index (χ4n) is 1.96. The number of hydrogen-bond acceptors (Lipinski definition) is 1. The highest BCUT2D eigenvalue weighted by Gasteiger charge is 2.05. The van der Waals surface area contributed by atoms with Crippen LogP contribution in [-0.2, 0) is 6.42 Å². The third kappa shape index (κ3) is 5.12. The number of aryl methyl sites for hydroxylation is 1. The second-order valence-corrected chi connectivity index (χ2v) is 5.37. The molecule has 0 atom stereocenters. The van der Waals surface area contributed by atoms with Crippen LogP contribution < -0.4 is 4.74 Å². The van der Waals surface area contributed by atoms with E-state index in [1.165, 1.54) is 36.8 Å². The van der Waals surface area contributed by atoms with Crippen LogP contribution in [0.2, 0.25) is 0 Å². The average molecular weight is 248 g/mol. The summed E-state index contributed by atoms with van der Waals surface area (Å²) < 4.78 is 5.86. The average Bonchev–Trinajstić information content (AvgIpc) is 2.36. The van der Waals surface area contributed by atoms with Gasteiger partial charge in [-0.15, -0.1) is 0 Å². The number of rotatable bonds is 8. The smallest absolute Gasteiger partial charge is 0.119 e. The molecule has 102 valence electrons. The van der Waals surface area contributed by atoms with Gasteiger partial charge in [-0.05, 0) is 48.4 Å². The van der Waals surface area contributed by atoms with E-state index in [0.717, 1.165) is 18.8 Å². The third-order valence-electron chi connectivity index (χ3n) is 3.24. The van der Waals surface area contributed by atoms with Crippen molar-refractivity contribution < 1.29 is 4.74 Å². The van der Waals surface area contributed by atoms with Gasteiger partial charge in [0.2, 0.25) is 0 Å². The fraction of sp³-hybridized carbons (Fsp3) is 0.647. The van der Waals surface area contributed by atoms with E-state index in [1.54, 1.807) is 0 Å². The first kappa shape index (κ1) is 15.1. The Labute approximate surface area is 113 Å². The third-order valence-corrected chi connectivity index (χ3v) is 3.24. The molecule has 1 nitrogen and oxygen atoms in total. The SMILES string of the molecule is CCCCOc1cc(CCCC)cc(C(C)C)c1. The van der Waals surface area contributed by atoms with Crippen LogP contribution >= 0.6 is 0 Å². The lowest BCUT2D eigenvalue weighted by Crippen LogP contribution is -1.99. The maximum atomic E-state index is 5.86. The van der Waals surface area contributed by atoms with Crippen molar-refractivity contribution in [3.8, 4) is 5.75 Å². The number of ether oxygens (including phenoxy) is 1. The van der Waals surface area contributed by atoms with E-state index < -0.39 is 0 Å². The number of benzene rings is 1. The summed E-state index contributed by atoms with van der Waals surface area (Å²) in [6, 6.07) is 6.76. The maximum absolute atomic E-state index is 5.86. The first-order chi connectivity index (χ1) is 8.67. The van der Waals surface area contributed by atoms with Gasteiger partial charge in [0.25, 0.3) is 0 Å². The van der Waals surface area contributed by atoms with Crippen molar-refractivity contribution in [3.63, 3.8) is 0 Å². The van der Waals surface area contributed by atoms with Gasteiger partial charge in [-0.3, -0.25) is 0 Å². The van der Waals surface area contributed by atoms with E-state index in [4.69, 9.17) is 4.74 Å². The molecule has 0 radical (unpaired) electrons. The molecule has 1 heteroatoms. The zero-order valence-corrected chi connectivity index (χ0v) is 12.5. The van der Waals surface area contributed by atoms with Gasteiger partial charge in [-0.2, -0.15) is 0 Å². The topological polar surface area (TPSA) is 9.23 Å². The van der Waals surface area contributed by atoms with Gasteiger partial charge in [0.15, 0.2) is 0 Å². The zero-order chi connectivity index (χ0) is 13.4. The fourth-order valence-corrected chi connectivity index (χ4v) is 1.96. The lowest BCUT2D eigenvalue weighted by atomic mass is 9.98. The highest BCUT2D eigenvalue weighted by Crippen LogP contribution is 2.24. The predicted octanol–water partition coefficient (Wildman–Crippen LogP) is 5.33. The monoisotopic (exact) mass is 248 g/mol. The van der Waals surface area contributed by atoms with Crippen LogP contribution in [0, 0.1) is 0 Å². The van der Waals surface area contributed by atoms with Gasteiger partial charge < -0.3 is 4.74 Å². The highest BCUT2D eigenvalue weighted by atomic mass is 16.5. The molecule has 0 heterocycles. The highest BCUT2D eigenvalue weighted by molar-refractivity contribution is 5.36. The molecule has 0 saturated carbocycles. The van der Waals surface area contributed by atoms with Crippen molar-refractivity contribution in [1.82, 2.24) is 0 Å². The quantitative estimate of drug-likeness (QED) is 0.565. The summed E-state index contributed by atoms with van der Waals surface area (Å²) in [6.07, 6.45) is 6.00. The summed E-state index contributed by atoms with van der Waals surface area (Å²) in [6.45, 7) is 9.76. The largest absolute Gasteiger partial charge is 0.494 e. The van der Waals surface area contributed by atoms with E-state index in [0.29, 0.717) is 5.92 Å². The summed E-state index contributed by atoms with van der Waals surface area (Å²) >= 11 is 0. The zero-order valence-electron chi connectivity index (χ0n) is 12.5. The number of hydrogen-bond donors (Lipinski definition) is 0. The summed E-state index contributed by atoms with van der Waals surface area (Å²) in [4.78, 5) is 0. The van der Waals surface area contributed by atoms with Crippen LogP contribution in [0.15, 0.2) is 18.2 Å². The minimum absolute atomic E-state index is 0.570. The van der Waals surface area contributed by atoms with E-state index in [9.17, 15) is 0 Å². The van der Waals surface area contributed by atoms with Gasteiger partial charge in [0.05, 0.1) is 6.61 Å². The van der Waals surface area contributed by atoms with Crippen LogP contribution in [0.1, 0.15) is 70.4 Å². The molecule has 0 saturated heterocycles. The van der Waals surface area contributed by atoms with E-state index >= 15 is 0 Å². The van der Waals surface area contributed by atoms with E-state index in [2.05, 4.69) is 45.9 Å². The molecule has 1 aromatic rings. The lowest BCUT2D eigenvalue weighted by molar-refractivity contribution is 0.308. The Kier molecular flexibility index (Phi) is 6.85. The molecule has 0 aliphatic rings. The first-order valence-electron chi connectivity index (χ1n) is 7.44. The van der Waals surface area contributed by atoms with Gasteiger partial charge >= 0.3 is 0 Å². The molecule has 1 rings (SSSR count). The molecule has 0 aliphatic heterocycles.